The molecule has 0 aliphatic carbocycles. The average Bonchev–Trinajstić information content (AvgIpc) is 3.28. The first-order chi connectivity index (χ1) is 15.0. The molecule has 0 radical (unpaired) electrons. The quantitative estimate of drug-likeness (QED) is 0.272. The summed E-state index contributed by atoms with van der Waals surface area (Å²) in [6.45, 7) is 0.351. The number of carbonyl (C=O) groups is 3. The van der Waals surface area contributed by atoms with Gasteiger partial charge in [0.05, 0.1) is 27.0 Å². The minimum atomic E-state index is -0.982. The van der Waals surface area contributed by atoms with Gasteiger partial charge in [0.1, 0.15) is 6.04 Å². The van der Waals surface area contributed by atoms with Crippen LogP contribution in [0.1, 0.15) is 33.6 Å². The smallest absolute Gasteiger partial charge is 0.348 e. The van der Waals surface area contributed by atoms with Crippen molar-refractivity contribution in [3.05, 3.63) is 76.2 Å². The molecule has 4 rings (SSSR count). The lowest BCUT2D eigenvalue weighted by Gasteiger charge is -2.22. The number of pyridine rings is 2. The lowest BCUT2D eigenvalue weighted by atomic mass is 10.1. The van der Waals surface area contributed by atoms with Crippen LogP contribution < -0.4 is 0 Å². The van der Waals surface area contributed by atoms with Gasteiger partial charge in [-0.15, -0.1) is 0 Å². The molecule has 1 saturated heterocycles. The Labute approximate surface area is 175 Å². The predicted molar refractivity (Wildman–Crippen MR) is 107 cm³/mol. The zero-order valence-electron chi connectivity index (χ0n) is 16.1. The third kappa shape index (κ3) is 3.82. The van der Waals surface area contributed by atoms with E-state index in [0.717, 1.165) is 0 Å². The largest absolute Gasteiger partial charge is 0.388 e. The van der Waals surface area contributed by atoms with Crippen molar-refractivity contribution in [1.82, 2.24) is 14.9 Å². The number of nitro benzene ring substituents is 1. The van der Waals surface area contributed by atoms with Crippen molar-refractivity contribution in [2.45, 2.75) is 18.9 Å². The Morgan fingerprint density at radius 3 is 2.68 bits per heavy atom. The highest BCUT2D eigenvalue weighted by Crippen LogP contribution is 2.28. The average molecular weight is 420 g/mol. The first-order valence-corrected chi connectivity index (χ1v) is 9.46. The molecular weight excluding hydrogens is 404 g/mol. The van der Waals surface area contributed by atoms with E-state index < -0.39 is 22.9 Å². The third-order valence-corrected chi connectivity index (χ3v) is 5.05. The molecule has 1 aromatic carbocycles. The van der Waals surface area contributed by atoms with E-state index in [1.165, 1.54) is 47.8 Å². The van der Waals surface area contributed by atoms with Crippen molar-refractivity contribution in [2.75, 3.05) is 6.54 Å². The Morgan fingerprint density at radius 2 is 1.94 bits per heavy atom. The molecule has 1 unspecified atom stereocenters. The van der Waals surface area contributed by atoms with Gasteiger partial charge in [-0.1, -0.05) is 0 Å². The van der Waals surface area contributed by atoms with Crippen LogP contribution in [0.25, 0.3) is 10.9 Å². The summed E-state index contributed by atoms with van der Waals surface area (Å²) >= 11 is 0. The zero-order valence-corrected chi connectivity index (χ0v) is 16.1. The summed E-state index contributed by atoms with van der Waals surface area (Å²) in [6.07, 6.45) is 5.27. The van der Waals surface area contributed by atoms with Crippen LogP contribution in [0.15, 0.2) is 55.0 Å². The number of rotatable bonds is 4. The predicted octanol–water partition coefficient (Wildman–Crippen LogP) is 2.53. The van der Waals surface area contributed by atoms with Crippen molar-refractivity contribution in [3.8, 4) is 0 Å². The Hall–Kier alpha value is -4.21. The fraction of sp³-hybridized carbons (Fsp3) is 0.190. The lowest BCUT2D eigenvalue weighted by molar-refractivity contribution is -0.383. The van der Waals surface area contributed by atoms with E-state index in [0.29, 0.717) is 24.9 Å². The molecule has 156 valence electrons. The molecule has 0 saturated carbocycles. The van der Waals surface area contributed by atoms with Crippen LogP contribution in [0.2, 0.25) is 0 Å². The van der Waals surface area contributed by atoms with E-state index >= 15 is 0 Å². The number of aromatic nitrogens is 2. The van der Waals surface area contributed by atoms with Gasteiger partial charge in [-0.2, -0.15) is 0 Å². The number of non-ortho nitro benzene ring substituents is 1. The maximum Gasteiger partial charge on any atom is 0.348 e. The number of carbonyl (C=O) groups excluding carboxylic acids is 3. The Balaban J connectivity index is 1.56. The third-order valence-electron chi connectivity index (χ3n) is 5.05. The van der Waals surface area contributed by atoms with Crippen LogP contribution in [0.5, 0.6) is 0 Å². The van der Waals surface area contributed by atoms with E-state index in [2.05, 4.69) is 9.97 Å². The van der Waals surface area contributed by atoms with Crippen LogP contribution in [0.3, 0.4) is 0 Å². The highest BCUT2D eigenvalue weighted by molar-refractivity contribution is 6.09. The van der Waals surface area contributed by atoms with E-state index in [4.69, 9.17) is 4.74 Å². The summed E-state index contributed by atoms with van der Waals surface area (Å²) in [4.78, 5) is 58.1. The number of benzene rings is 1. The van der Waals surface area contributed by atoms with Crippen LogP contribution in [-0.2, 0) is 9.53 Å². The van der Waals surface area contributed by atoms with Crippen LogP contribution in [0.4, 0.5) is 5.69 Å². The molecule has 1 amide bonds. The Bertz CT molecular complexity index is 1200. The normalized spacial score (nSPS) is 15.6. The number of esters is 2. The molecule has 10 heteroatoms. The van der Waals surface area contributed by atoms with Gasteiger partial charge in [-0.05, 0) is 43.2 Å². The number of hydrogen-bond acceptors (Lipinski definition) is 8. The molecule has 3 aromatic rings. The fourth-order valence-electron chi connectivity index (χ4n) is 3.61. The van der Waals surface area contributed by atoms with Crippen molar-refractivity contribution in [3.63, 3.8) is 0 Å². The molecule has 0 N–H and O–H groups in total. The highest BCUT2D eigenvalue weighted by Gasteiger charge is 2.37. The van der Waals surface area contributed by atoms with Gasteiger partial charge in [0.15, 0.2) is 0 Å². The van der Waals surface area contributed by atoms with Crippen molar-refractivity contribution < 1.29 is 24.0 Å². The first-order valence-electron chi connectivity index (χ1n) is 9.46. The maximum atomic E-state index is 12.7. The van der Waals surface area contributed by atoms with Crippen molar-refractivity contribution in [2.24, 2.45) is 0 Å². The topological polar surface area (TPSA) is 133 Å². The van der Waals surface area contributed by atoms with Crippen molar-refractivity contribution >= 4 is 34.4 Å². The van der Waals surface area contributed by atoms with Gasteiger partial charge in [-0.3, -0.25) is 24.9 Å². The van der Waals surface area contributed by atoms with Gasteiger partial charge in [0.25, 0.3) is 11.6 Å². The lowest BCUT2D eigenvalue weighted by Crippen LogP contribution is -2.42. The number of hydrogen-bond donors (Lipinski definition) is 0. The summed E-state index contributed by atoms with van der Waals surface area (Å²) in [6, 6.07) is 7.65. The number of fused-ring (bicyclic) bond motifs is 1. The summed E-state index contributed by atoms with van der Waals surface area (Å²) in [5, 5.41) is 11.4. The van der Waals surface area contributed by atoms with E-state index in [1.54, 1.807) is 12.1 Å². The second-order valence-electron chi connectivity index (χ2n) is 6.90. The summed E-state index contributed by atoms with van der Waals surface area (Å²) in [7, 11) is 0. The number of ether oxygens (including phenoxy) is 1. The molecule has 1 aliphatic heterocycles. The van der Waals surface area contributed by atoms with Gasteiger partial charge in [0.2, 0.25) is 0 Å². The van der Waals surface area contributed by atoms with E-state index in [9.17, 15) is 24.5 Å². The minimum absolute atomic E-state index is 0.0595. The molecule has 0 spiro atoms. The highest BCUT2D eigenvalue weighted by atomic mass is 16.6. The Kier molecular flexibility index (Phi) is 5.35. The van der Waals surface area contributed by atoms with Gasteiger partial charge < -0.3 is 9.64 Å². The molecular formula is C21H16N4O6. The van der Waals surface area contributed by atoms with Gasteiger partial charge >= 0.3 is 11.9 Å². The molecule has 1 atom stereocenters. The van der Waals surface area contributed by atoms with Crippen LogP contribution in [0, 0.1) is 10.1 Å². The first kappa shape index (κ1) is 20.1. The monoisotopic (exact) mass is 420 g/mol. The molecule has 10 nitrogen and oxygen atoms in total. The molecule has 3 heterocycles. The molecule has 1 fully saturated rings. The summed E-state index contributed by atoms with van der Waals surface area (Å²) in [5.74, 6) is -2.21. The van der Waals surface area contributed by atoms with Crippen LogP contribution >= 0.6 is 0 Å². The molecule has 31 heavy (non-hydrogen) atoms. The zero-order chi connectivity index (χ0) is 22.0. The second-order valence-corrected chi connectivity index (χ2v) is 6.90. The standard InChI is InChI=1S/C21H16N4O6/c26-19(13-4-1-9-22-12-13)24-11-3-6-17(24)21(28)31-20(27)15-7-8-16(25(29)30)14-5-2-10-23-18(14)15/h1-2,4-5,7-10,12,17H,3,6,11H2. The van der Waals surface area contributed by atoms with Crippen molar-refractivity contribution in [1.29, 1.82) is 0 Å². The van der Waals surface area contributed by atoms with Gasteiger partial charge in [-0.25, -0.2) is 9.59 Å². The number of nitro groups is 1. The SMILES string of the molecule is O=C(OC(=O)C1CCCN1C(=O)c1cccnc1)c1ccc([N+](=O)[O-])c2cccnc12. The summed E-state index contributed by atoms with van der Waals surface area (Å²) < 4.78 is 5.05. The fourth-order valence-corrected chi connectivity index (χ4v) is 3.61. The van der Waals surface area contributed by atoms with E-state index in [1.807, 2.05) is 0 Å². The number of likely N-dealkylation sites (tertiary alicyclic amines) is 1. The van der Waals surface area contributed by atoms with E-state index in [-0.39, 0.29) is 28.1 Å². The second kappa shape index (κ2) is 8.27. The Morgan fingerprint density at radius 1 is 1.13 bits per heavy atom. The number of amides is 1. The molecule has 1 aliphatic rings. The van der Waals surface area contributed by atoms with Crippen LogP contribution in [-0.4, -0.2) is 50.2 Å². The molecule has 0 bridgehead atoms. The minimum Gasteiger partial charge on any atom is -0.388 e. The van der Waals surface area contributed by atoms with Gasteiger partial charge in [0, 0.05) is 31.2 Å². The number of nitrogens with zero attached hydrogens (tertiary/aromatic N) is 4. The molecule has 2 aromatic heterocycles. The summed E-state index contributed by atoms with van der Waals surface area (Å²) in [5.41, 5.74) is 0.107. The maximum absolute atomic E-state index is 12.7.